The maximum Gasteiger partial charge on any atom is 0.260 e. The van der Waals surface area contributed by atoms with Crippen LogP contribution in [-0.4, -0.2) is 20.1 Å². The lowest BCUT2D eigenvalue weighted by Crippen LogP contribution is -2.63. The SMILES string of the molecule is c1ccc(C(c2ccccc2)c2cc3c4c(c2)Oc2ccccc2B4c2cc4c(cc2N3)Oc2cc(N(c3ccccc3)c3ccccc3)cc3c2B4c2cc4c(cc2O3)Oc2cc(C(c3ccccc3)c3ccccc3)cc3c2B4c2ccccc2O3)cc1. The summed E-state index contributed by atoms with van der Waals surface area (Å²) >= 11 is 0. The van der Waals surface area contributed by atoms with Gasteiger partial charge in [-0.15, -0.1) is 0 Å². The predicted molar refractivity (Wildman–Crippen MR) is 365 cm³/mol. The molecule has 420 valence electrons. The van der Waals surface area contributed by atoms with Gasteiger partial charge in [-0.25, -0.2) is 0 Å². The summed E-state index contributed by atoms with van der Waals surface area (Å²) in [5.41, 5.74) is 21.4. The largest absolute Gasteiger partial charge is 0.458 e. The van der Waals surface area contributed by atoms with Crippen molar-refractivity contribution in [1.82, 2.24) is 0 Å². The van der Waals surface area contributed by atoms with Gasteiger partial charge < -0.3 is 33.9 Å². The number of ether oxygens (including phenoxy) is 5. The Hall–Kier alpha value is -11.3. The van der Waals surface area contributed by atoms with Gasteiger partial charge in [0.25, 0.3) is 20.1 Å². The lowest BCUT2D eigenvalue weighted by molar-refractivity contribution is 0.451. The fraction of sp³-hybridized carbons (Fsp3) is 0.0250. The quantitative estimate of drug-likeness (QED) is 0.114. The van der Waals surface area contributed by atoms with Crippen LogP contribution < -0.4 is 83.1 Å². The summed E-state index contributed by atoms with van der Waals surface area (Å²) in [5.74, 6) is 7.62. The number of fused-ring (bicyclic) bond motifs is 12. The van der Waals surface area contributed by atoms with E-state index in [0.29, 0.717) is 5.75 Å². The van der Waals surface area contributed by atoms with Crippen LogP contribution in [0.15, 0.2) is 291 Å². The van der Waals surface area contributed by atoms with E-state index in [9.17, 15) is 0 Å². The maximum atomic E-state index is 7.46. The molecular formula is C80H51B3N2O5. The molecule has 0 aromatic heterocycles. The number of nitrogens with zero attached hydrogens (tertiary/aromatic N) is 1. The summed E-state index contributed by atoms with van der Waals surface area (Å²) in [4.78, 5) is 2.27. The van der Waals surface area contributed by atoms with Crippen LogP contribution in [0.5, 0.6) is 57.5 Å². The van der Waals surface area contributed by atoms with Crippen LogP contribution in [0.3, 0.4) is 0 Å². The fourth-order valence-corrected chi connectivity index (χ4v) is 15.3. The third-order valence-electron chi connectivity index (χ3n) is 19.1. The van der Waals surface area contributed by atoms with Crippen molar-refractivity contribution in [2.75, 3.05) is 10.2 Å². The van der Waals surface area contributed by atoms with Crippen molar-refractivity contribution >= 4 is 97.7 Å². The minimum absolute atomic E-state index is 0.0435. The van der Waals surface area contributed by atoms with E-state index >= 15 is 0 Å². The van der Waals surface area contributed by atoms with Crippen LogP contribution >= 0.6 is 0 Å². The van der Waals surface area contributed by atoms with Gasteiger partial charge >= 0.3 is 0 Å². The van der Waals surface area contributed by atoms with Gasteiger partial charge in [-0.3, -0.25) is 0 Å². The average Bonchev–Trinajstić information content (AvgIpc) is 0.716. The van der Waals surface area contributed by atoms with E-state index in [1.807, 2.05) is 0 Å². The monoisotopic (exact) mass is 1150 g/mol. The Bertz CT molecular complexity index is 4670. The fourth-order valence-electron chi connectivity index (χ4n) is 15.3. The first-order valence-corrected chi connectivity index (χ1v) is 30.9. The lowest BCUT2D eigenvalue weighted by Gasteiger charge is -2.39. The molecule has 13 aromatic carbocycles. The summed E-state index contributed by atoms with van der Waals surface area (Å²) in [6.45, 7) is -0.688. The predicted octanol–water partition coefficient (Wildman–Crippen LogP) is 13.7. The molecule has 90 heavy (non-hydrogen) atoms. The molecule has 6 aliphatic rings. The Morgan fingerprint density at radius 3 is 1.04 bits per heavy atom. The molecule has 19 rings (SSSR count). The Balaban J connectivity index is 0.813. The van der Waals surface area contributed by atoms with E-state index < -0.39 is 0 Å². The number of hydrogen-bond acceptors (Lipinski definition) is 7. The molecule has 0 aliphatic carbocycles. The highest BCUT2D eigenvalue weighted by Gasteiger charge is 2.48. The summed E-state index contributed by atoms with van der Waals surface area (Å²) in [6, 6.07) is 104. The average molecular weight is 1150 g/mol. The van der Waals surface area contributed by atoms with E-state index in [1.54, 1.807) is 0 Å². The number of rotatable bonds is 9. The molecular weight excluding hydrogens is 1100 g/mol. The van der Waals surface area contributed by atoms with Gasteiger partial charge in [0.05, 0.1) is 5.69 Å². The van der Waals surface area contributed by atoms with Gasteiger partial charge in [0, 0.05) is 69.8 Å². The van der Waals surface area contributed by atoms with Crippen molar-refractivity contribution in [2.45, 2.75) is 11.8 Å². The highest BCUT2D eigenvalue weighted by molar-refractivity contribution is 7.02. The van der Waals surface area contributed by atoms with Crippen LogP contribution in [0.2, 0.25) is 0 Å². The van der Waals surface area contributed by atoms with Crippen molar-refractivity contribution in [3.05, 3.63) is 325 Å². The third-order valence-corrected chi connectivity index (χ3v) is 19.1. The first kappa shape index (κ1) is 50.8. The third kappa shape index (κ3) is 7.97. The second-order valence-electron chi connectivity index (χ2n) is 24.2. The zero-order valence-electron chi connectivity index (χ0n) is 48.6. The van der Waals surface area contributed by atoms with Gasteiger partial charge in [-0.05, 0) is 132 Å². The molecule has 10 heteroatoms. The van der Waals surface area contributed by atoms with Gasteiger partial charge in [-0.1, -0.05) is 206 Å². The minimum Gasteiger partial charge on any atom is -0.458 e. The molecule has 7 nitrogen and oxygen atoms in total. The molecule has 13 aromatic rings. The van der Waals surface area contributed by atoms with E-state index in [4.69, 9.17) is 23.7 Å². The van der Waals surface area contributed by atoms with Crippen LogP contribution in [-0.2, 0) is 0 Å². The van der Waals surface area contributed by atoms with Crippen LogP contribution in [0.25, 0.3) is 0 Å². The molecule has 0 fully saturated rings. The molecule has 0 bridgehead atoms. The normalized spacial score (nSPS) is 13.3. The first-order chi connectivity index (χ1) is 44.6. The van der Waals surface area contributed by atoms with E-state index in [2.05, 4.69) is 301 Å². The second-order valence-corrected chi connectivity index (χ2v) is 24.2. The van der Waals surface area contributed by atoms with Crippen molar-refractivity contribution in [1.29, 1.82) is 0 Å². The second kappa shape index (κ2) is 20.1. The Morgan fingerprint density at radius 1 is 0.233 bits per heavy atom. The molecule has 6 heterocycles. The molecule has 6 aliphatic heterocycles. The molecule has 0 saturated heterocycles. The highest BCUT2D eigenvalue weighted by Crippen LogP contribution is 2.47. The van der Waals surface area contributed by atoms with E-state index in [-0.39, 0.29) is 32.0 Å². The lowest BCUT2D eigenvalue weighted by atomic mass is 9.30. The standard InChI is InChI=1S/C80H51B3N2O5/c1-7-23-49(24-8-1)76(50-25-9-2-10-26-50)53-39-65-78-71(40-53)86-66-37-21-19-35-58(66)81(78)60-45-61-68(47-64(60)84-65)88-74-43-57(85(55-31-15-5-16-32-55)56-33-17-6-18-34-56)44-75-80(74)83(61)63-46-62-69(48-70(63)90-75)89-73-42-54(41-72-79(73)82(62)59-36-20-22-38-67(59)87-72)77(51-27-11-3-12-28-51)52-29-13-4-14-30-52/h1-48,76-77,84H. The molecule has 0 saturated carbocycles. The number of benzene rings is 13. The Labute approximate surface area is 522 Å². The Morgan fingerprint density at radius 2 is 0.578 bits per heavy atom. The van der Waals surface area contributed by atoms with Crippen molar-refractivity contribution in [3.8, 4) is 57.5 Å². The van der Waals surface area contributed by atoms with Gasteiger partial charge in [0.15, 0.2) is 0 Å². The van der Waals surface area contributed by atoms with Gasteiger partial charge in [0.2, 0.25) is 0 Å². The number of anilines is 5. The van der Waals surface area contributed by atoms with E-state index in [1.165, 1.54) is 22.3 Å². The minimum atomic E-state index is -0.319. The number of nitrogens with one attached hydrogen (secondary N) is 1. The van der Waals surface area contributed by atoms with Gasteiger partial charge in [-0.2, -0.15) is 0 Å². The zero-order chi connectivity index (χ0) is 59.0. The van der Waals surface area contributed by atoms with Crippen molar-refractivity contribution < 1.29 is 23.7 Å². The van der Waals surface area contributed by atoms with Gasteiger partial charge in [0.1, 0.15) is 57.5 Å². The summed E-state index contributed by atoms with van der Waals surface area (Å²) < 4.78 is 36.3. The molecule has 0 spiro atoms. The molecule has 0 radical (unpaired) electrons. The summed E-state index contributed by atoms with van der Waals surface area (Å²) in [6.07, 6.45) is 0. The summed E-state index contributed by atoms with van der Waals surface area (Å²) in [5, 5.41) is 4.03. The number of para-hydroxylation sites is 4. The van der Waals surface area contributed by atoms with Crippen LogP contribution in [0.1, 0.15) is 45.2 Å². The first-order valence-electron chi connectivity index (χ1n) is 30.9. The summed E-state index contributed by atoms with van der Waals surface area (Å²) in [7, 11) is 0. The maximum absolute atomic E-state index is 7.46. The molecule has 0 atom stereocenters. The molecule has 1 N–H and O–H groups in total. The van der Waals surface area contributed by atoms with Crippen LogP contribution in [0.4, 0.5) is 28.4 Å². The smallest absolute Gasteiger partial charge is 0.260 e. The van der Waals surface area contributed by atoms with Crippen molar-refractivity contribution in [2.24, 2.45) is 0 Å². The Kier molecular flexibility index (Phi) is 11.3. The van der Waals surface area contributed by atoms with Crippen molar-refractivity contribution in [3.63, 3.8) is 0 Å². The van der Waals surface area contributed by atoms with Crippen LogP contribution in [0, 0.1) is 0 Å². The number of hydrogen-bond donors (Lipinski definition) is 1. The topological polar surface area (TPSA) is 61.4 Å². The molecule has 0 unspecified atom stereocenters. The highest BCUT2D eigenvalue weighted by atomic mass is 16.5. The zero-order valence-corrected chi connectivity index (χ0v) is 48.6. The molecule has 0 amide bonds. The van der Waals surface area contributed by atoms with E-state index in [0.717, 1.165) is 140 Å².